The number of aromatic amines is 1. The Morgan fingerprint density at radius 1 is 1.46 bits per heavy atom. The molecule has 0 spiro atoms. The summed E-state index contributed by atoms with van der Waals surface area (Å²) >= 11 is 0. The van der Waals surface area contributed by atoms with E-state index in [9.17, 15) is 4.79 Å². The largest absolute Gasteiger partial charge is 0.326 e. The topological polar surface area (TPSA) is 44.9 Å². The van der Waals surface area contributed by atoms with Gasteiger partial charge in [0.05, 0.1) is 0 Å². The summed E-state index contributed by atoms with van der Waals surface area (Å²) in [5.74, 6) is 0. The van der Waals surface area contributed by atoms with E-state index < -0.39 is 0 Å². The molecule has 2 N–H and O–H groups in total. The molecule has 0 saturated heterocycles. The normalized spacial score (nSPS) is 10.8. The van der Waals surface area contributed by atoms with Crippen molar-refractivity contribution < 1.29 is 0 Å². The first-order valence-corrected chi connectivity index (χ1v) is 4.52. The molecule has 13 heavy (non-hydrogen) atoms. The van der Waals surface area contributed by atoms with Crippen molar-refractivity contribution in [3.05, 3.63) is 33.7 Å². The summed E-state index contributed by atoms with van der Waals surface area (Å²) in [6.45, 7) is 6.62. The van der Waals surface area contributed by atoms with Crippen LogP contribution in [0, 0.1) is 6.92 Å². The van der Waals surface area contributed by atoms with Crippen LogP contribution in [0.25, 0.3) is 0 Å². The van der Waals surface area contributed by atoms with Crippen molar-refractivity contribution in [3.63, 3.8) is 0 Å². The lowest BCUT2D eigenvalue weighted by molar-refractivity contribution is 0.586. The first kappa shape index (κ1) is 9.99. The molecular weight excluding hydrogens is 164 g/mol. The Labute approximate surface area is 78.2 Å². The molecular formula is C10H16N2O. The highest BCUT2D eigenvalue weighted by atomic mass is 16.1. The molecule has 0 bridgehead atoms. The van der Waals surface area contributed by atoms with Crippen LogP contribution in [0.1, 0.15) is 25.1 Å². The van der Waals surface area contributed by atoms with Gasteiger partial charge < -0.3 is 10.3 Å². The average molecular weight is 180 g/mol. The van der Waals surface area contributed by atoms with Gasteiger partial charge in [-0.25, -0.2) is 0 Å². The van der Waals surface area contributed by atoms with E-state index in [1.54, 1.807) is 0 Å². The highest BCUT2D eigenvalue weighted by Gasteiger charge is 1.99. The zero-order chi connectivity index (χ0) is 9.84. The first-order chi connectivity index (χ1) is 6.09. The number of aromatic nitrogens is 1. The molecule has 0 aromatic carbocycles. The average Bonchev–Trinajstić information content (AvgIpc) is 2.02. The Balaban J connectivity index is 2.73. The summed E-state index contributed by atoms with van der Waals surface area (Å²) in [5.41, 5.74) is 1.70. The molecule has 3 nitrogen and oxygen atoms in total. The smallest absolute Gasteiger partial charge is 0.252 e. The molecule has 0 saturated carbocycles. The van der Waals surface area contributed by atoms with Crippen LogP contribution in [0.4, 0.5) is 0 Å². The Bertz CT molecular complexity index is 328. The number of nitrogens with one attached hydrogen (secondary N) is 2. The fourth-order valence-electron chi connectivity index (χ4n) is 1.06. The van der Waals surface area contributed by atoms with E-state index in [1.807, 2.05) is 19.1 Å². The first-order valence-electron chi connectivity index (χ1n) is 4.52. The fourth-order valence-corrected chi connectivity index (χ4v) is 1.06. The van der Waals surface area contributed by atoms with Gasteiger partial charge >= 0.3 is 0 Å². The maximum Gasteiger partial charge on any atom is 0.252 e. The SMILES string of the molecule is Cc1ccc(CNC(C)C)c(=O)[nH]1. The van der Waals surface area contributed by atoms with Crippen molar-refractivity contribution >= 4 is 0 Å². The highest BCUT2D eigenvalue weighted by molar-refractivity contribution is 5.13. The monoisotopic (exact) mass is 180 g/mol. The molecule has 3 heteroatoms. The molecule has 0 fully saturated rings. The van der Waals surface area contributed by atoms with Crippen LogP contribution >= 0.6 is 0 Å². The molecule has 0 aliphatic rings. The summed E-state index contributed by atoms with van der Waals surface area (Å²) in [7, 11) is 0. The Morgan fingerprint density at radius 3 is 2.69 bits per heavy atom. The number of pyridine rings is 1. The molecule has 0 aliphatic carbocycles. The van der Waals surface area contributed by atoms with Gasteiger partial charge in [0.2, 0.25) is 0 Å². The van der Waals surface area contributed by atoms with Crippen molar-refractivity contribution in [1.82, 2.24) is 10.3 Å². The molecule has 1 heterocycles. The van der Waals surface area contributed by atoms with E-state index in [4.69, 9.17) is 0 Å². The van der Waals surface area contributed by atoms with E-state index in [-0.39, 0.29) is 5.56 Å². The number of hydrogen-bond donors (Lipinski definition) is 2. The van der Waals surface area contributed by atoms with E-state index in [2.05, 4.69) is 24.1 Å². The van der Waals surface area contributed by atoms with Crippen molar-refractivity contribution in [3.8, 4) is 0 Å². The van der Waals surface area contributed by atoms with Crippen LogP contribution < -0.4 is 10.9 Å². The minimum absolute atomic E-state index is 0.00755. The predicted molar refractivity (Wildman–Crippen MR) is 53.8 cm³/mol. The van der Waals surface area contributed by atoms with Crippen LogP contribution in [-0.2, 0) is 6.54 Å². The zero-order valence-electron chi connectivity index (χ0n) is 8.35. The maximum atomic E-state index is 11.4. The summed E-state index contributed by atoms with van der Waals surface area (Å²) in [6, 6.07) is 4.18. The molecule has 1 aromatic rings. The molecule has 0 radical (unpaired) electrons. The van der Waals surface area contributed by atoms with E-state index >= 15 is 0 Å². The Hall–Kier alpha value is -1.09. The van der Waals surface area contributed by atoms with Crippen LogP contribution in [0.3, 0.4) is 0 Å². The molecule has 0 amide bonds. The molecule has 72 valence electrons. The third-order valence-corrected chi connectivity index (χ3v) is 1.84. The second kappa shape index (κ2) is 4.23. The van der Waals surface area contributed by atoms with Gasteiger partial charge in [-0.15, -0.1) is 0 Å². The Kier molecular flexibility index (Phi) is 3.25. The summed E-state index contributed by atoms with van der Waals surface area (Å²) in [5, 5.41) is 3.20. The second-order valence-electron chi connectivity index (χ2n) is 3.53. The van der Waals surface area contributed by atoms with Crippen LogP contribution in [0.15, 0.2) is 16.9 Å². The van der Waals surface area contributed by atoms with Crippen LogP contribution in [0.5, 0.6) is 0 Å². The van der Waals surface area contributed by atoms with Gasteiger partial charge in [0.1, 0.15) is 0 Å². The van der Waals surface area contributed by atoms with Gasteiger partial charge in [-0.3, -0.25) is 4.79 Å². The van der Waals surface area contributed by atoms with E-state index in [0.29, 0.717) is 12.6 Å². The Morgan fingerprint density at radius 2 is 2.15 bits per heavy atom. The number of rotatable bonds is 3. The summed E-state index contributed by atoms with van der Waals surface area (Å²) < 4.78 is 0. The lowest BCUT2D eigenvalue weighted by atomic mass is 10.2. The molecule has 0 atom stereocenters. The second-order valence-corrected chi connectivity index (χ2v) is 3.53. The van der Waals surface area contributed by atoms with Gasteiger partial charge in [0.25, 0.3) is 5.56 Å². The van der Waals surface area contributed by atoms with E-state index in [0.717, 1.165) is 11.3 Å². The van der Waals surface area contributed by atoms with Crippen molar-refractivity contribution in [2.24, 2.45) is 0 Å². The fraction of sp³-hybridized carbons (Fsp3) is 0.500. The molecule has 0 unspecified atom stereocenters. The number of hydrogen-bond acceptors (Lipinski definition) is 2. The molecule has 1 rings (SSSR count). The lowest BCUT2D eigenvalue weighted by Crippen LogP contribution is -2.26. The van der Waals surface area contributed by atoms with Gasteiger partial charge in [0.15, 0.2) is 0 Å². The third-order valence-electron chi connectivity index (χ3n) is 1.84. The van der Waals surface area contributed by atoms with Gasteiger partial charge in [-0.2, -0.15) is 0 Å². The van der Waals surface area contributed by atoms with Crippen molar-refractivity contribution in [2.45, 2.75) is 33.4 Å². The summed E-state index contributed by atoms with van der Waals surface area (Å²) in [6.07, 6.45) is 0. The minimum Gasteiger partial charge on any atom is -0.326 e. The van der Waals surface area contributed by atoms with Crippen molar-refractivity contribution in [2.75, 3.05) is 0 Å². The quantitative estimate of drug-likeness (QED) is 0.733. The van der Waals surface area contributed by atoms with Crippen molar-refractivity contribution in [1.29, 1.82) is 0 Å². The maximum absolute atomic E-state index is 11.4. The van der Waals surface area contributed by atoms with Crippen LogP contribution in [-0.4, -0.2) is 11.0 Å². The lowest BCUT2D eigenvalue weighted by Gasteiger charge is -2.07. The standard InChI is InChI=1S/C10H16N2O/c1-7(2)11-6-9-5-4-8(3)12-10(9)13/h4-5,7,11H,6H2,1-3H3,(H,12,13). The van der Waals surface area contributed by atoms with Crippen LogP contribution in [0.2, 0.25) is 0 Å². The van der Waals surface area contributed by atoms with E-state index in [1.165, 1.54) is 0 Å². The van der Waals surface area contributed by atoms with Gasteiger partial charge in [-0.05, 0) is 13.0 Å². The van der Waals surface area contributed by atoms with Gasteiger partial charge in [-0.1, -0.05) is 19.9 Å². The molecule has 0 aliphatic heterocycles. The summed E-state index contributed by atoms with van der Waals surface area (Å²) in [4.78, 5) is 14.1. The third kappa shape index (κ3) is 3.03. The molecule has 1 aromatic heterocycles. The predicted octanol–water partition coefficient (Wildman–Crippen LogP) is 1.18. The zero-order valence-corrected chi connectivity index (χ0v) is 8.35. The number of H-pyrrole nitrogens is 1. The van der Waals surface area contributed by atoms with Gasteiger partial charge in [0, 0.05) is 23.8 Å². The highest BCUT2D eigenvalue weighted by Crippen LogP contribution is 1.93. The minimum atomic E-state index is 0.00755. The number of aryl methyl sites for hydroxylation is 1.